The van der Waals surface area contributed by atoms with Crippen LogP contribution in [0.15, 0.2) is 78.9 Å². The van der Waals surface area contributed by atoms with Gasteiger partial charge in [0.15, 0.2) is 11.6 Å². The number of nitrogens with zero attached hydrogens (tertiary/aromatic N) is 1. The van der Waals surface area contributed by atoms with Gasteiger partial charge in [0.05, 0.1) is 18.7 Å². The number of rotatable bonds is 2. The number of Topliss-reactive ketones (excluding diaryl/α,β-unsaturated/α-hetero) is 2. The fourth-order valence-electron chi connectivity index (χ4n) is 6.26. The molecule has 1 spiro atoms. The standard InChI is InChI=1S/C29H20F3NO4/c1-37-27(36)24-23(17-10-13-18(14-11-17)29(30,31)32)28(25(34)19-7-3-4-8-20(19)26(28)35)22-15-12-16-6-2-5-9-21(16)33(22)24/h2-15,22-24H,1H3/t22-,23+,24-/m1/s1. The van der Waals surface area contributed by atoms with Gasteiger partial charge in [0.2, 0.25) is 0 Å². The molecule has 8 heteroatoms. The zero-order valence-corrected chi connectivity index (χ0v) is 19.5. The highest BCUT2D eigenvalue weighted by molar-refractivity contribution is 6.32. The van der Waals surface area contributed by atoms with Crippen LogP contribution in [0.4, 0.5) is 18.9 Å². The highest BCUT2D eigenvalue weighted by Crippen LogP contribution is 2.60. The van der Waals surface area contributed by atoms with Crippen LogP contribution in [0.25, 0.3) is 6.08 Å². The molecule has 0 saturated carbocycles. The Hall–Kier alpha value is -4.20. The van der Waals surface area contributed by atoms with Crippen LogP contribution >= 0.6 is 0 Å². The summed E-state index contributed by atoms with van der Waals surface area (Å²) < 4.78 is 45.3. The van der Waals surface area contributed by atoms with Crippen molar-refractivity contribution in [2.24, 2.45) is 5.41 Å². The molecule has 3 aliphatic rings. The summed E-state index contributed by atoms with van der Waals surface area (Å²) in [7, 11) is 1.21. The Labute approximate surface area is 210 Å². The van der Waals surface area contributed by atoms with E-state index in [4.69, 9.17) is 4.74 Å². The average Bonchev–Trinajstić information content (AvgIpc) is 3.34. The van der Waals surface area contributed by atoms with Crippen LogP contribution in [-0.4, -0.2) is 36.7 Å². The maximum absolute atomic E-state index is 14.3. The first kappa shape index (κ1) is 23.2. The Morgan fingerprint density at radius 1 is 0.892 bits per heavy atom. The van der Waals surface area contributed by atoms with E-state index < -0.39 is 52.7 Å². The zero-order chi connectivity index (χ0) is 26.1. The van der Waals surface area contributed by atoms with Crippen LogP contribution in [0.3, 0.4) is 0 Å². The summed E-state index contributed by atoms with van der Waals surface area (Å²) in [6.07, 6.45) is -1.02. The molecule has 0 aromatic heterocycles. The Morgan fingerprint density at radius 2 is 1.49 bits per heavy atom. The molecular formula is C29H20F3NO4. The van der Waals surface area contributed by atoms with E-state index in [2.05, 4.69) is 0 Å². The van der Waals surface area contributed by atoms with Crippen molar-refractivity contribution in [3.8, 4) is 0 Å². The highest BCUT2D eigenvalue weighted by atomic mass is 19.4. The summed E-state index contributed by atoms with van der Waals surface area (Å²) in [6.45, 7) is 0. The Balaban J connectivity index is 1.65. The molecule has 2 aliphatic heterocycles. The third-order valence-electron chi connectivity index (χ3n) is 7.75. The number of hydrogen-bond donors (Lipinski definition) is 0. The van der Waals surface area contributed by atoms with Crippen molar-refractivity contribution in [2.45, 2.75) is 24.2 Å². The average molecular weight is 503 g/mol. The quantitative estimate of drug-likeness (QED) is 0.350. The number of carbonyl (C=O) groups is 3. The number of ether oxygens (including phenoxy) is 1. The van der Waals surface area contributed by atoms with Crippen LogP contribution in [0.5, 0.6) is 0 Å². The van der Waals surface area contributed by atoms with Gasteiger partial charge in [0.1, 0.15) is 11.5 Å². The molecular weight excluding hydrogens is 483 g/mol. The molecule has 0 unspecified atom stereocenters. The van der Waals surface area contributed by atoms with Crippen molar-refractivity contribution in [1.82, 2.24) is 0 Å². The number of ketones is 2. The highest BCUT2D eigenvalue weighted by Gasteiger charge is 2.72. The van der Waals surface area contributed by atoms with Crippen molar-refractivity contribution < 1.29 is 32.3 Å². The second-order valence-corrected chi connectivity index (χ2v) is 9.41. The first-order chi connectivity index (χ1) is 17.7. The lowest BCUT2D eigenvalue weighted by atomic mass is 9.64. The molecule has 3 aromatic rings. The third-order valence-corrected chi connectivity index (χ3v) is 7.75. The Bertz CT molecular complexity index is 1460. The van der Waals surface area contributed by atoms with Gasteiger partial charge in [0.25, 0.3) is 0 Å². The lowest BCUT2D eigenvalue weighted by molar-refractivity contribution is -0.142. The van der Waals surface area contributed by atoms with Crippen LogP contribution in [0.1, 0.15) is 43.3 Å². The van der Waals surface area contributed by atoms with Crippen molar-refractivity contribution >= 4 is 29.3 Å². The third kappa shape index (κ3) is 3.01. The minimum absolute atomic E-state index is 0.238. The number of esters is 1. The second-order valence-electron chi connectivity index (χ2n) is 9.41. The van der Waals surface area contributed by atoms with E-state index in [1.165, 1.54) is 19.2 Å². The summed E-state index contributed by atoms with van der Waals surface area (Å²) in [4.78, 5) is 43.7. The molecule has 3 atom stereocenters. The zero-order valence-electron chi connectivity index (χ0n) is 19.5. The van der Waals surface area contributed by atoms with E-state index in [1.54, 1.807) is 47.4 Å². The first-order valence-corrected chi connectivity index (χ1v) is 11.7. The number of anilines is 1. The summed E-state index contributed by atoms with van der Waals surface area (Å²) in [5.74, 6) is -2.70. The van der Waals surface area contributed by atoms with Crippen molar-refractivity contribution in [3.63, 3.8) is 0 Å². The minimum atomic E-state index is -4.57. The largest absolute Gasteiger partial charge is 0.467 e. The van der Waals surface area contributed by atoms with Gasteiger partial charge in [-0.05, 0) is 29.3 Å². The molecule has 1 fully saturated rings. The SMILES string of the molecule is COC(=O)[C@H]1[C@H](c2ccc(C(F)(F)F)cc2)C2(C(=O)c3ccccc3C2=O)[C@H]2C=Cc3ccccc3N12. The number of alkyl halides is 3. The topological polar surface area (TPSA) is 63.7 Å². The fourth-order valence-corrected chi connectivity index (χ4v) is 6.26. The molecule has 186 valence electrons. The van der Waals surface area contributed by atoms with Crippen molar-refractivity contribution in [2.75, 3.05) is 12.0 Å². The molecule has 0 amide bonds. The van der Waals surface area contributed by atoms with Gasteiger partial charge in [-0.1, -0.05) is 66.7 Å². The number of hydrogen-bond acceptors (Lipinski definition) is 5. The minimum Gasteiger partial charge on any atom is -0.467 e. The van der Waals surface area contributed by atoms with E-state index in [1.807, 2.05) is 18.2 Å². The van der Waals surface area contributed by atoms with Gasteiger partial charge < -0.3 is 9.64 Å². The Morgan fingerprint density at radius 3 is 2.08 bits per heavy atom. The van der Waals surface area contributed by atoms with Crippen LogP contribution in [0, 0.1) is 5.41 Å². The predicted molar refractivity (Wildman–Crippen MR) is 129 cm³/mol. The number of para-hydroxylation sites is 1. The normalized spacial score (nSPS) is 23.1. The number of halogens is 3. The van der Waals surface area contributed by atoms with Gasteiger partial charge in [0, 0.05) is 22.7 Å². The van der Waals surface area contributed by atoms with E-state index in [0.29, 0.717) is 5.69 Å². The predicted octanol–water partition coefficient (Wildman–Crippen LogP) is 5.31. The molecule has 3 aromatic carbocycles. The smallest absolute Gasteiger partial charge is 0.416 e. The van der Waals surface area contributed by atoms with E-state index in [9.17, 15) is 27.6 Å². The van der Waals surface area contributed by atoms with Gasteiger partial charge in [-0.15, -0.1) is 0 Å². The van der Waals surface area contributed by atoms with Crippen molar-refractivity contribution in [3.05, 3.63) is 107 Å². The maximum atomic E-state index is 14.3. The number of fused-ring (bicyclic) bond motifs is 5. The molecule has 6 rings (SSSR count). The van der Waals surface area contributed by atoms with Crippen LogP contribution in [-0.2, 0) is 15.7 Å². The number of methoxy groups -OCH3 is 1. The first-order valence-electron chi connectivity index (χ1n) is 11.7. The lowest BCUT2D eigenvalue weighted by Gasteiger charge is -2.36. The van der Waals surface area contributed by atoms with Gasteiger partial charge in [-0.3, -0.25) is 9.59 Å². The fraction of sp³-hybridized carbons (Fsp3) is 0.207. The lowest BCUT2D eigenvalue weighted by Crippen LogP contribution is -2.48. The number of benzene rings is 3. The summed E-state index contributed by atoms with van der Waals surface area (Å²) in [5, 5.41) is 0. The molecule has 37 heavy (non-hydrogen) atoms. The molecule has 0 radical (unpaired) electrons. The van der Waals surface area contributed by atoms with Crippen molar-refractivity contribution in [1.29, 1.82) is 0 Å². The second kappa shape index (κ2) is 7.90. The van der Waals surface area contributed by atoms with Gasteiger partial charge in [-0.25, -0.2) is 4.79 Å². The Kier molecular flexibility index (Phi) is 4.96. The van der Waals surface area contributed by atoms with Gasteiger partial charge in [-0.2, -0.15) is 13.2 Å². The monoisotopic (exact) mass is 503 g/mol. The van der Waals surface area contributed by atoms with E-state index in [0.717, 1.165) is 17.7 Å². The summed E-state index contributed by atoms with van der Waals surface area (Å²) in [6, 6.07) is 16.1. The molecule has 0 N–H and O–H groups in total. The van der Waals surface area contributed by atoms with E-state index in [-0.39, 0.29) is 16.7 Å². The van der Waals surface area contributed by atoms with Crippen LogP contribution < -0.4 is 4.90 Å². The molecule has 5 nitrogen and oxygen atoms in total. The van der Waals surface area contributed by atoms with E-state index >= 15 is 0 Å². The molecule has 2 heterocycles. The van der Waals surface area contributed by atoms with Gasteiger partial charge >= 0.3 is 12.1 Å². The summed E-state index contributed by atoms with van der Waals surface area (Å²) in [5.41, 5.74) is -0.468. The molecule has 1 saturated heterocycles. The molecule has 0 bridgehead atoms. The number of carbonyl (C=O) groups excluding carboxylic acids is 3. The molecule has 1 aliphatic carbocycles. The summed E-state index contributed by atoms with van der Waals surface area (Å²) >= 11 is 0. The van der Waals surface area contributed by atoms with Crippen LogP contribution in [0.2, 0.25) is 0 Å². The maximum Gasteiger partial charge on any atom is 0.416 e.